The van der Waals surface area contributed by atoms with Crippen molar-refractivity contribution in [2.75, 3.05) is 71.4 Å². The Hall–Kier alpha value is -2.82. The Kier molecular flexibility index (Phi) is 9.36. The minimum absolute atomic E-state index is 0.0934. The van der Waals surface area contributed by atoms with Gasteiger partial charge in [-0.1, -0.05) is 17.7 Å². The van der Waals surface area contributed by atoms with Crippen LogP contribution in [0.3, 0.4) is 0 Å². The number of rotatable bonds is 11. The third-order valence-corrected chi connectivity index (χ3v) is 7.89. The van der Waals surface area contributed by atoms with Gasteiger partial charge < -0.3 is 24.6 Å². The first-order valence-electron chi connectivity index (χ1n) is 11.7. The van der Waals surface area contributed by atoms with Crippen LogP contribution in [0.5, 0.6) is 11.5 Å². The van der Waals surface area contributed by atoms with Crippen LogP contribution >= 0.6 is 0 Å². The average Bonchev–Trinajstić information content (AvgIpc) is 2.86. The number of hydrogen-bond donors (Lipinski definition) is 1. The highest BCUT2D eigenvalue weighted by atomic mass is 32.2. The number of methoxy groups -OCH3 is 2. The molecular formula is C25H36N4O5S. The highest BCUT2D eigenvalue weighted by molar-refractivity contribution is 7.92. The van der Waals surface area contributed by atoms with Gasteiger partial charge >= 0.3 is 0 Å². The van der Waals surface area contributed by atoms with Crippen molar-refractivity contribution in [1.82, 2.24) is 15.1 Å². The summed E-state index contributed by atoms with van der Waals surface area (Å²) in [7, 11) is 1.02. The Morgan fingerprint density at radius 1 is 1.03 bits per heavy atom. The van der Waals surface area contributed by atoms with Crippen LogP contribution in [-0.2, 0) is 14.8 Å². The van der Waals surface area contributed by atoms with Crippen LogP contribution in [0.25, 0.3) is 0 Å². The number of hydrogen-bond acceptors (Lipinski definition) is 7. The zero-order chi connectivity index (χ0) is 25.4. The third-order valence-electron chi connectivity index (χ3n) is 6.12. The van der Waals surface area contributed by atoms with Crippen LogP contribution in [0.2, 0.25) is 0 Å². The quantitative estimate of drug-likeness (QED) is 0.468. The number of amides is 1. The van der Waals surface area contributed by atoms with E-state index in [1.807, 2.05) is 6.92 Å². The Labute approximate surface area is 208 Å². The number of nitrogens with one attached hydrogen (secondary N) is 1. The number of likely N-dealkylation sites (N-methyl/N-ethyl adjacent to an activating group) is 1. The number of piperazine rings is 1. The fraction of sp³-hybridized carbons (Fsp3) is 0.480. The van der Waals surface area contributed by atoms with Crippen molar-refractivity contribution in [3.8, 4) is 11.5 Å². The molecule has 9 nitrogen and oxygen atoms in total. The molecule has 192 valence electrons. The van der Waals surface area contributed by atoms with Gasteiger partial charge in [0.1, 0.15) is 18.0 Å². The highest BCUT2D eigenvalue weighted by Gasteiger charge is 2.30. The number of carbonyl (C=O) groups is 1. The smallest absolute Gasteiger partial charge is 0.264 e. The molecule has 0 unspecified atom stereocenters. The van der Waals surface area contributed by atoms with E-state index in [2.05, 4.69) is 22.2 Å². The molecule has 35 heavy (non-hydrogen) atoms. The van der Waals surface area contributed by atoms with E-state index in [0.29, 0.717) is 18.0 Å². The lowest BCUT2D eigenvalue weighted by Gasteiger charge is -2.32. The van der Waals surface area contributed by atoms with Crippen LogP contribution in [0, 0.1) is 6.92 Å². The Balaban J connectivity index is 1.76. The molecule has 0 bridgehead atoms. The third kappa shape index (κ3) is 7.09. The summed E-state index contributed by atoms with van der Waals surface area (Å²) in [6, 6.07) is 11.4. The molecule has 0 spiro atoms. The summed E-state index contributed by atoms with van der Waals surface area (Å²) in [5.74, 6) is 0.394. The van der Waals surface area contributed by atoms with Gasteiger partial charge in [0.05, 0.1) is 24.8 Å². The van der Waals surface area contributed by atoms with Crippen LogP contribution < -0.4 is 19.1 Å². The second-order valence-electron chi connectivity index (χ2n) is 8.71. The van der Waals surface area contributed by atoms with Gasteiger partial charge in [-0.25, -0.2) is 8.42 Å². The molecule has 0 aliphatic carbocycles. The summed E-state index contributed by atoms with van der Waals surface area (Å²) < 4.78 is 39.1. The lowest BCUT2D eigenvalue weighted by atomic mass is 10.2. The Morgan fingerprint density at radius 2 is 1.71 bits per heavy atom. The fourth-order valence-electron chi connectivity index (χ4n) is 3.92. The van der Waals surface area contributed by atoms with Gasteiger partial charge in [-0.3, -0.25) is 9.10 Å². The van der Waals surface area contributed by atoms with E-state index in [1.54, 1.807) is 30.3 Å². The highest BCUT2D eigenvalue weighted by Crippen LogP contribution is 2.35. The molecule has 2 aromatic rings. The van der Waals surface area contributed by atoms with Gasteiger partial charge in [-0.05, 0) is 51.2 Å². The molecule has 1 amide bonds. The molecular weight excluding hydrogens is 468 g/mol. The Bertz CT molecular complexity index is 1080. The van der Waals surface area contributed by atoms with Gasteiger partial charge in [0, 0.05) is 38.8 Å². The van der Waals surface area contributed by atoms with Crippen molar-refractivity contribution < 1.29 is 22.7 Å². The number of benzene rings is 2. The summed E-state index contributed by atoms with van der Waals surface area (Å²) in [5.41, 5.74) is 1.17. The van der Waals surface area contributed by atoms with Crippen LogP contribution in [0.15, 0.2) is 47.4 Å². The molecule has 3 rings (SSSR count). The van der Waals surface area contributed by atoms with Crippen LogP contribution in [0.1, 0.15) is 12.0 Å². The van der Waals surface area contributed by atoms with E-state index in [4.69, 9.17) is 9.47 Å². The van der Waals surface area contributed by atoms with Crippen molar-refractivity contribution in [1.29, 1.82) is 0 Å². The first-order valence-corrected chi connectivity index (χ1v) is 13.2. The molecule has 10 heteroatoms. The maximum atomic E-state index is 13.6. The van der Waals surface area contributed by atoms with E-state index in [1.165, 1.54) is 26.4 Å². The van der Waals surface area contributed by atoms with Crippen molar-refractivity contribution in [2.24, 2.45) is 0 Å². The predicted octanol–water partition coefficient (Wildman–Crippen LogP) is 1.96. The fourth-order valence-corrected chi connectivity index (χ4v) is 5.34. The van der Waals surface area contributed by atoms with Crippen molar-refractivity contribution in [3.63, 3.8) is 0 Å². The monoisotopic (exact) mass is 504 g/mol. The molecule has 1 aliphatic heterocycles. The number of nitrogens with zero attached hydrogens (tertiary/aromatic N) is 3. The molecule has 0 aromatic heterocycles. The standard InChI is InChI=1S/C25H36N4O5S/c1-20-6-9-22(10-7-20)35(31,32)29(23-18-21(33-3)8-11-24(23)34-4)19-25(30)26-12-5-13-28-16-14-27(2)15-17-28/h6-11,18H,5,12-17,19H2,1-4H3,(H,26,30). The van der Waals surface area contributed by atoms with Gasteiger partial charge in [0.25, 0.3) is 10.0 Å². The Morgan fingerprint density at radius 3 is 2.34 bits per heavy atom. The topological polar surface area (TPSA) is 91.4 Å². The predicted molar refractivity (Wildman–Crippen MR) is 137 cm³/mol. The van der Waals surface area contributed by atoms with Crippen LogP contribution in [0.4, 0.5) is 5.69 Å². The number of ether oxygens (including phenoxy) is 2. The summed E-state index contributed by atoms with van der Waals surface area (Å²) in [6.07, 6.45) is 0.794. The number of anilines is 1. The average molecular weight is 505 g/mol. The van der Waals surface area contributed by atoms with E-state index < -0.39 is 10.0 Å². The van der Waals surface area contributed by atoms with Gasteiger partial charge in [0.2, 0.25) is 5.91 Å². The maximum absolute atomic E-state index is 13.6. The molecule has 1 aliphatic rings. The molecule has 1 saturated heterocycles. The lowest BCUT2D eigenvalue weighted by Crippen LogP contribution is -2.45. The number of aryl methyl sites for hydroxylation is 1. The van der Waals surface area contributed by atoms with Crippen molar-refractivity contribution in [3.05, 3.63) is 48.0 Å². The SMILES string of the molecule is COc1ccc(OC)c(N(CC(=O)NCCCN2CCN(C)CC2)S(=O)(=O)c2ccc(C)cc2)c1. The van der Waals surface area contributed by atoms with Gasteiger partial charge in [0.15, 0.2) is 0 Å². The van der Waals surface area contributed by atoms with Crippen molar-refractivity contribution >= 4 is 21.6 Å². The number of carbonyl (C=O) groups excluding carboxylic acids is 1. The molecule has 1 fully saturated rings. The summed E-state index contributed by atoms with van der Waals surface area (Å²) in [4.78, 5) is 17.7. The van der Waals surface area contributed by atoms with E-state index in [-0.39, 0.29) is 23.0 Å². The molecule has 2 aromatic carbocycles. The first-order chi connectivity index (χ1) is 16.7. The summed E-state index contributed by atoms with van der Waals surface area (Å²) in [6.45, 7) is 6.98. The largest absolute Gasteiger partial charge is 0.497 e. The van der Waals surface area contributed by atoms with Crippen LogP contribution in [-0.4, -0.2) is 91.2 Å². The van der Waals surface area contributed by atoms with Gasteiger partial charge in [-0.15, -0.1) is 0 Å². The van der Waals surface area contributed by atoms with Crippen molar-refractivity contribution in [2.45, 2.75) is 18.2 Å². The molecule has 1 heterocycles. The normalized spacial score (nSPS) is 15.0. The van der Waals surface area contributed by atoms with Gasteiger partial charge in [-0.2, -0.15) is 0 Å². The zero-order valence-corrected chi connectivity index (χ0v) is 21.8. The second kappa shape index (κ2) is 12.2. The molecule has 1 N–H and O–H groups in total. The second-order valence-corrected chi connectivity index (χ2v) is 10.6. The minimum Gasteiger partial charge on any atom is -0.497 e. The zero-order valence-electron chi connectivity index (χ0n) is 21.0. The van der Waals surface area contributed by atoms with E-state index >= 15 is 0 Å². The molecule has 0 saturated carbocycles. The minimum atomic E-state index is -4.05. The summed E-state index contributed by atoms with van der Waals surface area (Å²) >= 11 is 0. The molecule has 0 atom stereocenters. The first kappa shape index (κ1) is 26.8. The lowest BCUT2D eigenvalue weighted by molar-refractivity contribution is -0.119. The maximum Gasteiger partial charge on any atom is 0.264 e. The number of sulfonamides is 1. The van der Waals surface area contributed by atoms with E-state index in [0.717, 1.165) is 49.0 Å². The van der Waals surface area contributed by atoms with E-state index in [9.17, 15) is 13.2 Å². The summed E-state index contributed by atoms with van der Waals surface area (Å²) in [5, 5.41) is 2.88. The molecule has 0 radical (unpaired) electrons.